The number of amides is 1. The minimum absolute atomic E-state index is 0.190. The molecule has 0 aliphatic rings. The maximum atomic E-state index is 11.5. The average molecular weight is 253 g/mol. The molecule has 17 heavy (non-hydrogen) atoms. The van der Waals surface area contributed by atoms with E-state index in [0.717, 1.165) is 11.8 Å². The minimum atomic E-state index is -1.03. The Morgan fingerprint density at radius 3 is 2.29 bits per heavy atom. The molecular formula is C11H11NO4S. The number of rotatable bonds is 4. The smallest absolute Gasteiger partial charge is 0.313 e. The van der Waals surface area contributed by atoms with E-state index in [-0.39, 0.29) is 16.8 Å². The zero-order valence-corrected chi connectivity index (χ0v) is 9.91. The highest BCUT2D eigenvalue weighted by molar-refractivity contribution is 8.14. The molecule has 5 nitrogen and oxygen atoms in total. The van der Waals surface area contributed by atoms with Crippen molar-refractivity contribution in [2.45, 2.75) is 6.92 Å². The largest absolute Gasteiger partial charge is 0.481 e. The van der Waals surface area contributed by atoms with E-state index in [1.807, 2.05) is 0 Å². The highest BCUT2D eigenvalue weighted by atomic mass is 32.2. The van der Waals surface area contributed by atoms with E-state index in [1.54, 1.807) is 24.3 Å². The fourth-order valence-electron chi connectivity index (χ4n) is 1.10. The van der Waals surface area contributed by atoms with Crippen LogP contribution in [-0.4, -0.2) is 27.9 Å². The van der Waals surface area contributed by atoms with Crippen LogP contribution < -0.4 is 5.32 Å². The summed E-state index contributed by atoms with van der Waals surface area (Å²) in [6, 6.07) is 6.27. The van der Waals surface area contributed by atoms with E-state index in [2.05, 4.69) is 5.32 Å². The van der Waals surface area contributed by atoms with Gasteiger partial charge < -0.3 is 10.4 Å². The maximum absolute atomic E-state index is 11.5. The predicted molar refractivity (Wildman–Crippen MR) is 65.2 cm³/mol. The predicted octanol–water partition coefficient (Wildman–Crippen LogP) is 1.60. The number of carboxylic acids is 1. The molecule has 0 atom stereocenters. The molecular weight excluding hydrogens is 242 g/mol. The molecule has 0 fully saturated rings. The van der Waals surface area contributed by atoms with E-state index in [1.165, 1.54) is 6.92 Å². The molecule has 0 saturated heterocycles. The molecule has 1 aromatic carbocycles. The van der Waals surface area contributed by atoms with Crippen molar-refractivity contribution in [3.8, 4) is 0 Å². The van der Waals surface area contributed by atoms with Crippen LogP contribution in [0.2, 0.25) is 0 Å². The number of thioether (sulfide) groups is 1. The molecule has 1 rings (SSSR count). The molecule has 0 radical (unpaired) electrons. The summed E-state index contributed by atoms with van der Waals surface area (Å²) in [5.41, 5.74) is 1.00. The van der Waals surface area contributed by atoms with Gasteiger partial charge in [0.15, 0.2) is 0 Å². The van der Waals surface area contributed by atoms with Crippen LogP contribution in [0, 0.1) is 0 Å². The summed E-state index contributed by atoms with van der Waals surface area (Å²) in [4.78, 5) is 32.5. The van der Waals surface area contributed by atoms with Gasteiger partial charge >= 0.3 is 5.97 Å². The number of hydrogen-bond donors (Lipinski definition) is 2. The second kappa shape index (κ2) is 6.05. The average Bonchev–Trinajstić information content (AvgIpc) is 2.26. The molecule has 0 saturated carbocycles. The Kier molecular flexibility index (Phi) is 4.71. The molecule has 0 bridgehead atoms. The first kappa shape index (κ1) is 13.2. The number of aliphatic carboxylic acids is 1. The summed E-state index contributed by atoms with van der Waals surface area (Å²) < 4.78 is 0. The van der Waals surface area contributed by atoms with Gasteiger partial charge in [0.05, 0.1) is 5.75 Å². The third kappa shape index (κ3) is 4.69. The number of anilines is 1. The standard InChI is InChI=1S/C11H11NO4S/c1-7(13)12-9-4-2-8(3-5-9)11(16)17-6-10(14)15/h2-5H,6H2,1H3,(H,12,13)(H,14,15). The first-order valence-electron chi connectivity index (χ1n) is 4.75. The second-order valence-electron chi connectivity index (χ2n) is 3.23. The van der Waals surface area contributed by atoms with Crippen LogP contribution in [-0.2, 0) is 9.59 Å². The zero-order valence-electron chi connectivity index (χ0n) is 9.10. The fraction of sp³-hybridized carbons (Fsp3) is 0.182. The lowest BCUT2D eigenvalue weighted by Gasteiger charge is -2.03. The molecule has 1 aromatic rings. The van der Waals surface area contributed by atoms with Crippen molar-refractivity contribution in [1.29, 1.82) is 0 Å². The molecule has 0 aliphatic carbocycles. The topological polar surface area (TPSA) is 83.5 Å². The van der Waals surface area contributed by atoms with Crippen molar-refractivity contribution < 1.29 is 19.5 Å². The molecule has 0 unspecified atom stereocenters. The van der Waals surface area contributed by atoms with Gasteiger partial charge in [-0.25, -0.2) is 0 Å². The first-order valence-corrected chi connectivity index (χ1v) is 5.74. The van der Waals surface area contributed by atoms with E-state index < -0.39 is 5.97 Å². The van der Waals surface area contributed by atoms with Crippen LogP contribution >= 0.6 is 11.8 Å². The number of carbonyl (C=O) groups excluding carboxylic acids is 2. The van der Waals surface area contributed by atoms with Gasteiger partial charge in [-0.1, -0.05) is 11.8 Å². The quantitative estimate of drug-likeness (QED) is 0.851. The van der Waals surface area contributed by atoms with Gasteiger partial charge in [-0.15, -0.1) is 0 Å². The summed E-state index contributed by atoms with van der Waals surface area (Å²) in [6.07, 6.45) is 0. The second-order valence-corrected chi connectivity index (χ2v) is 4.18. The van der Waals surface area contributed by atoms with E-state index >= 15 is 0 Å². The van der Waals surface area contributed by atoms with E-state index in [0.29, 0.717) is 11.3 Å². The number of carbonyl (C=O) groups is 3. The Morgan fingerprint density at radius 2 is 1.82 bits per heavy atom. The van der Waals surface area contributed by atoms with E-state index in [9.17, 15) is 14.4 Å². The van der Waals surface area contributed by atoms with Crippen LogP contribution in [0.4, 0.5) is 5.69 Å². The van der Waals surface area contributed by atoms with Gasteiger partial charge in [-0.3, -0.25) is 14.4 Å². The lowest BCUT2D eigenvalue weighted by Crippen LogP contribution is -2.06. The summed E-state index contributed by atoms with van der Waals surface area (Å²) in [6.45, 7) is 1.39. The number of carboxylic acid groups (broad SMARTS) is 1. The van der Waals surface area contributed by atoms with E-state index in [4.69, 9.17) is 5.11 Å². The van der Waals surface area contributed by atoms with Crippen LogP contribution in [0.5, 0.6) is 0 Å². The Morgan fingerprint density at radius 1 is 1.24 bits per heavy atom. The lowest BCUT2D eigenvalue weighted by molar-refractivity contribution is -0.133. The molecule has 6 heteroatoms. The highest BCUT2D eigenvalue weighted by Crippen LogP contribution is 2.15. The van der Waals surface area contributed by atoms with Crippen molar-refractivity contribution in [3.63, 3.8) is 0 Å². The van der Waals surface area contributed by atoms with Crippen LogP contribution in [0.3, 0.4) is 0 Å². The van der Waals surface area contributed by atoms with Crippen molar-refractivity contribution in [2.24, 2.45) is 0 Å². The molecule has 0 aromatic heterocycles. The lowest BCUT2D eigenvalue weighted by atomic mass is 10.2. The van der Waals surface area contributed by atoms with Gasteiger partial charge in [0.1, 0.15) is 0 Å². The monoisotopic (exact) mass is 253 g/mol. The third-order valence-electron chi connectivity index (χ3n) is 1.77. The molecule has 1 amide bonds. The SMILES string of the molecule is CC(=O)Nc1ccc(C(=O)SCC(=O)O)cc1. The summed E-state index contributed by atoms with van der Waals surface area (Å²) in [5, 5.41) is 10.7. The van der Waals surface area contributed by atoms with Crippen molar-refractivity contribution in [2.75, 3.05) is 11.1 Å². The van der Waals surface area contributed by atoms with Gasteiger partial charge in [0, 0.05) is 18.2 Å². The third-order valence-corrected chi connectivity index (χ3v) is 2.66. The van der Waals surface area contributed by atoms with Crippen LogP contribution in [0.15, 0.2) is 24.3 Å². The van der Waals surface area contributed by atoms with Gasteiger partial charge in [0.2, 0.25) is 11.0 Å². The zero-order chi connectivity index (χ0) is 12.8. The van der Waals surface area contributed by atoms with Crippen molar-refractivity contribution in [3.05, 3.63) is 29.8 Å². The summed E-state index contributed by atoms with van der Waals surface area (Å²) in [5.74, 6) is -1.48. The van der Waals surface area contributed by atoms with Crippen molar-refractivity contribution in [1.82, 2.24) is 0 Å². The summed E-state index contributed by atoms with van der Waals surface area (Å²) in [7, 11) is 0. The first-order chi connectivity index (χ1) is 7.99. The molecule has 0 heterocycles. The maximum Gasteiger partial charge on any atom is 0.313 e. The molecule has 0 aliphatic heterocycles. The Labute approximate surface area is 102 Å². The number of hydrogen-bond acceptors (Lipinski definition) is 4. The summed E-state index contributed by atoms with van der Waals surface area (Å²) >= 11 is 0.732. The Balaban J connectivity index is 2.63. The molecule has 2 N–H and O–H groups in total. The van der Waals surface area contributed by atoms with Gasteiger partial charge in [-0.05, 0) is 24.3 Å². The number of nitrogens with one attached hydrogen (secondary N) is 1. The molecule has 0 spiro atoms. The highest BCUT2D eigenvalue weighted by Gasteiger charge is 2.09. The normalized spacial score (nSPS) is 9.71. The van der Waals surface area contributed by atoms with Gasteiger partial charge in [-0.2, -0.15) is 0 Å². The number of benzene rings is 1. The Bertz CT molecular complexity index is 441. The van der Waals surface area contributed by atoms with Gasteiger partial charge in [0.25, 0.3) is 0 Å². The van der Waals surface area contributed by atoms with Crippen LogP contribution in [0.1, 0.15) is 17.3 Å². The Hall–Kier alpha value is -1.82. The molecule has 90 valence electrons. The fourth-order valence-corrected chi connectivity index (χ4v) is 1.66. The van der Waals surface area contributed by atoms with Crippen molar-refractivity contribution >= 4 is 34.4 Å². The van der Waals surface area contributed by atoms with Crippen LogP contribution in [0.25, 0.3) is 0 Å². The minimum Gasteiger partial charge on any atom is -0.481 e.